The fraction of sp³-hybridized carbons (Fsp3) is 0.667. The summed E-state index contributed by atoms with van der Waals surface area (Å²) in [6, 6.07) is -0.861. The van der Waals surface area contributed by atoms with Crippen LogP contribution in [0.15, 0.2) is 22.9 Å². The molecule has 2 atom stereocenters. The molecule has 1 aliphatic heterocycles. The van der Waals surface area contributed by atoms with Crippen LogP contribution < -0.4 is 26.6 Å². The van der Waals surface area contributed by atoms with Gasteiger partial charge < -0.3 is 40.6 Å². The Hall–Kier alpha value is -4.22. The van der Waals surface area contributed by atoms with E-state index in [-0.39, 0.29) is 37.1 Å². The van der Waals surface area contributed by atoms with Gasteiger partial charge in [-0.3, -0.25) is 9.79 Å². The number of hydrogen-bond acceptors (Lipinski definition) is 13. The summed E-state index contributed by atoms with van der Waals surface area (Å²) in [5, 5.41) is 8.50. The van der Waals surface area contributed by atoms with Crippen LogP contribution >= 0.6 is 0 Å². The highest BCUT2D eigenvalue weighted by Gasteiger charge is 2.36. The number of aryl methyl sites for hydroxylation is 1. The summed E-state index contributed by atoms with van der Waals surface area (Å²) < 4.78 is 50.0. The van der Waals surface area contributed by atoms with Crippen molar-refractivity contribution in [2.45, 2.75) is 77.1 Å². The van der Waals surface area contributed by atoms with E-state index < -0.39 is 39.7 Å². The van der Waals surface area contributed by atoms with Crippen molar-refractivity contribution in [3.8, 4) is 0 Å². The Kier molecular flexibility index (Phi) is 13.7. The molecule has 1 fully saturated rings. The van der Waals surface area contributed by atoms with Gasteiger partial charge in [-0.1, -0.05) is 19.3 Å². The number of aromatic nitrogens is 4. The molecule has 0 unspecified atom stereocenters. The van der Waals surface area contributed by atoms with E-state index in [4.69, 9.17) is 15.2 Å². The van der Waals surface area contributed by atoms with Gasteiger partial charge in [-0.15, -0.1) is 0 Å². The molecule has 3 rings (SSSR count). The zero-order valence-corrected chi connectivity index (χ0v) is 29.4. The minimum atomic E-state index is -3.33. The number of sulfone groups is 1. The molecular formula is C30H49FN10O6S. The van der Waals surface area contributed by atoms with E-state index in [0.29, 0.717) is 35.8 Å². The summed E-state index contributed by atoms with van der Waals surface area (Å²) in [7, 11) is -0.132. The Labute approximate surface area is 281 Å². The van der Waals surface area contributed by atoms with Gasteiger partial charge >= 0.3 is 6.09 Å². The van der Waals surface area contributed by atoms with E-state index in [1.807, 2.05) is 20.8 Å². The van der Waals surface area contributed by atoms with Crippen molar-refractivity contribution < 1.29 is 31.9 Å². The predicted molar refractivity (Wildman–Crippen MR) is 182 cm³/mol. The van der Waals surface area contributed by atoms with Gasteiger partial charge in [-0.25, -0.2) is 22.6 Å². The molecule has 0 spiro atoms. The molecule has 0 aliphatic carbocycles. The molecule has 2 aromatic rings. The summed E-state index contributed by atoms with van der Waals surface area (Å²) in [5.41, 5.74) is 6.89. The number of rotatable bonds is 17. The van der Waals surface area contributed by atoms with Gasteiger partial charge in [0.05, 0.1) is 38.0 Å². The molecule has 0 bridgehead atoms. The van der Waals surface area contributed by atoms with Crippen LogP contribution in [0.4, 0.5) is 21.0 Å². The quantitative estimate of drug-likeness (QED) is 0.107. The maximum Gasteiger partial charge on any atom is 0.407 e. The van der Waals surface area contributed by atoms with Crippen LogP contribution in [0.2, 0.25) is 0 Å². The Balaban J connectivity index is 1.59. The Morgan fingerprint density at radius 2 is 1.88 bits per heavy atom. The maximum atomic E-state index is 15.0. The summed E-state index contributed by atoms with van der Waals surface area (Å²) in [6.45, 7) is 6.60. The van der Waals surface area contributed by atoms with E-state index >= 15 is 0 Å². The fourth-order valence-electron chi connectivity index (χ4n) is 4.76. The minimum absolute atomic E-state index is 0.0716. The standard InChI is InChI=1S/C30H49FN10O6S/c1-30(2,3)47-29(43)34-14-11-9-7-8-10-13-33-16-21(25(32)46-5)37-26-24-27(40(4)19-35-24)39-28(38-26)41-17-20(31)22(18-41)36-23(42)12-15-48(6,44)45/h16,19-20,22H,7-15,17-18,32H2,1-6H3,(H,34,43)(H,36,42)(H,37,38,39)/b25-21-,33-16?/t20-,22-/m1/s1. The SMILES string of the molecule is CO/C(N)=C(/C=NCCCCCCCNC(=O)OC(C)(C)C)Nc1nc(N2C[C@@H](F)[C@H](NC(=O)CCS(C)(=O)=O)C2)nc2c1ncn2C. The second-order valence-corrected chi connectivity index (χ2v) is 15.0. The van der Waals surface area contributed by atoms with E-state index in [0.717, 1.165) is 38.4 Å². The molecule has 18 heteroatoms. The largest absolute Gasteiger partial charge is 0.481 e. The number of carbonyl (C=O) groups is 2. The van der Waals surface area contributed by atoms with Crippen molar-refractivity contribution in [3.05, 3.63) is 17.9 Å². The number of allylic oxidation sites excluding steroid dienone is 1. The summed E-state index contributed by atoms with van der Waals surface area (Å²) in [4.78, 5) is 43.7. The van der Waals surface area contributed by atoms with Gasteiger partial charge in [0.1, 0.15) is 27.3 Å². The molecule has 16 nitrogen and oxygen atoms in total. The number of methoxy groups -OCH3 is 1. The monoisotopic (exact) mass is 696 g/mol. The van der Waals surface area contributed by atoms with Gasteiger partial charge in [0, 0.05) is 39.4 Å². The van der Waals surface area contributed by atoms with Crippen molar-refractivity contribution in [1.29, 1.82) is 0 Å². The van der Waals surface area contributed by atoms with Crippen molar-refractivity contribution in [2.75, 3.05) is 55.5 Å². The molecule has 48 heavy (non-hydrogen) atoms. The first kappa shape index (κ1) is 38.2. The first-order valence-electron chi connectivity index (χ1n) is 15.9. The van der Waals surface area contributed by atoms with Gasteiger partial charge in [0.15, 0.2) is 17.0 Å². The number of imidazole rings is 1. The molecular weight excluding hydrogens is 647 g/mol. The number of alkyl carbamates (subject to hydrolysis) is 1. The first-order valence-corrected chi connectivity index (χ1v) is 17.9. The van der Waals surface area contributed by atoms with E-state index in [1.165, 1.54) is 7.11 Å². The number of ether oxygens (including phenoxy) is 2. The molecule has 2 aromatic heterocycles. The number of nitrogens with two attached hydrogens (primary N) is 1. The van der Waals surface area contributed by atoms with Crippen molar-refractivity contribution >= 4 is 51.0 Å². The number of amides is 2. The molecule has 0 saturated carbocycles. The molecule has 0 radical (unpaired) electrons. The highest BCUT2D eigenvalue weighted by Crippen LogP contribution is 2.26. The number of halogens is 1. The average Bonchev–Trinajstić information content (AvgIpc) is 3.56. The molecule has 3 heterocycles. The third-order valence-electron chi connectivity index (χ3n) is 7.22. The summed E-state index contributed by atoms with van der Waals surface area (Å²) >= 11 is 0. The number of anilines is 2. The fourth-order valence-corrected chi connectivity index (χ4v) is 5.31. The molecule has 5 N–H and O–H groups in total. The lowest BCUT2D eigenvalue weighted by Crippen LogP contribution is -2.42. The van der Waals surface area contributed by atoms with Crippen LogP contribution in [-0.4, -0.2) is 109 Å². The number of unbranched alkanes of at least 4 members (excludes halogenated alkanes) is 4. The second kappa shape index (κ2) is 17.3. The lowest BCUT2D eigenvalue weighted by molar-refractivity contribution is -0.121. The van der Waals surface area contributed by atoms with Gasteiger partial charge in [0.2, 0.25) is 17.7 Å². The van der Waals surface area contributed by atoms with E-state index in [1.54, 1.807) is 29.1 Å². The molecule has 0 aromatic carbocycles. The van der Waals surface area contributed by atoms with Crippen LogP contribution in [0.1, 0.15) is 59.3 Å². The molecule has 1 aliphatic rings. The molecule has 2 amide bonds. The third-order valence-corrected chi connectivity index (χ3v) is 8.16. The number of alkyl halides is 1. The van der Waals surface area contributed by atoms with Crippen LogP contribution in [0.25, 0.3) is 11.2 Å². The second-order valence-electron chi connectivity index (χ2n) is 12.7. The van der Waals surface area contributed by atoms with Crippen molar-refractivity contribution in [1.82, 2.24) is 30.2 Å². The zero-order chi connectivity index (χ0) is 35.5. The first-order chi connectivity index (χ1) is 22.6. The Morgan fingerprint density at radius 3 is 2.56 bits per heavy atom. The van der Waals surface area contributed by atoms with Crippen LogP contribution in [-0.2, 0) is 31.2 Å². The van der Waals surface area contributed by atoms with E-state index in [2.05, 4.69) is 35.9 Å². The Morgan fingerprint density at radius 1 is 1.17 bits per heavy atom. The number of aliphatic imine (C=N–C) groups is 1. The van der Waals surface area contributed by atoms with Gasteiger partial charge in [-0.05, 0) is 33.6 Å². The smallest absolute Gasteiger partial charge is 0.407 e. The Bertz CT molecular complexity index is 1570. The lowest BCUT2D eigenvalue weighted by atomic mass is 10.1. The summed E-state index contributed by atoms with van der Waals surface area (Å²) in [6.07, 6.45) is 6.74. The highest BCUT2D eigenvalue weighted by atomic mass is 32.2. The zero-order valence-electron chi connectivity index (χ0n) is 28.6. The van der Waals surface area contributed by atoms with Crippen molar-refractivity contribution in [2.24, 2.45) is 17.8 Å². The average molecular weight is 697 g/mol. The van der Waals surface area contributed by atoms with Crippen LogP contribution in [0, 0.1) is 0 Å². The molecule has 268 valence electrons. The van der Waals surface area contributed by atoms with Crippen molar-refractivity contribution in [3.63, 3.8) is 0 Å². The molecule has 1 saturated heterocycles. The van der Waals surface area contributed by atoms with Crippen LogP contribution in [0.5, 0.6) is 0 Å². The third kappa shape index (κ3) is 12.4. The summed E-state index contributed by atoms with van der Waals surface area (Å²) in [5.74, 6) is -0.285. The number of hydrogen-bond donors (Lipinski definition) is 4. The lowest BCUT2D eigenvalue weighted by Gasteiger charge is -2.19. The topological polar surface area (TPSA) is 208 Å². The van der Waals surface area contributed by atoms with E-state index in [9.17, 15) is 22.4 Å². The van der Waals surface area contributed by atoms with Gasteiger partial charge in [-0.2, -0.15) is 9.97 Å². The highest BCUT2D eigenvalue weighted by molar-refractivity contribution is 7.90. The maximum absolute atomic E-state index is 15.0. The predicted octanol–water partition coefficient (Wildman–Crippen LogP) is 2.17. The van der Waals surface area contributed by atoms with Crippen LogP contribution in [0.3, 0.4) is 0 Å². The normalized spacial score (nSPS) is 17.4. The minimum Gasteiger partial charge on any atom is -0.481 e. The number of nitrogens with zero attached hydrogens (tertiary/aromatic N) is 6. The number of nitrogens with one attached hydrogen (secondary N) is 3. The van der Waals surface area contributed by atoms with Gasteiger partial charge in [0.25, 0.3) is 0 Å². The number of carbonyl (C=O) groups excluding carboxylic acids is 2. The number of fused-ring (bicyclic) bond motifs is 1.